The van der Waals surface area contributed by atoms with Gasteiger partial charge in [-0.25, -0.2) is 22.4 Å². The Labute approximate surface area is 136 Å². The Bertz CT molecular complexity index is 660. The van der Waals surface area contributed by atoms with E-state index < -0.39 is 46.4 Å². The Morgan fingerprint density at radius 2 is 2.12 bits per heavy atom. The second-order valence-corrected chi connectivity index (χ2v) is 5.69. The summed E-state index contributed by atoms with van der Waals surface area (Å²) in [5.41, 5.74) is -4.36. The normalized spacial score (nSPS) is 28.8. The fourth-order valence-corrected chi connectivity index (χ4v) is 2.08. The van der Waals surface area contributed by atoms with Crippen molar-refractivity contribution in [2.24, 2.45) is 4.99 Å². The number of rotatable bonds is 5. The van der Waals surface area contributed by atoms with Crippen molar-refractivity contribution in [1.29, 1.82) is 0 Å². The SMILES string of the molecule is CCOC(=O)C(C=NC1CC1)=C(O)C1=CC(C)(F)C(F)=C(F)C1F. The van der Waals surface area contributed by atoms with Gasteiger partial charge in [0.1, 0.15) is 11.3 Å². The average molecular weight is 347 g/mol. The number of hydrogen-bond donors (Lipinski definition) is 1. The van der Waals surface area contributed by atoms with E-state index in [0.29, 0.717) is 13.0 Å². The summed E-state index contributed by atoms with van der Waals surface area (Å²) in [4.78, 5) is 15.9. The van der Waals surface area contributed by atoms with Crippen molar-refractivity contribution >= 4 is 12.2 Å². The average Bonchev–Trinajstić information content (AvgIpc) is 3.33. The van der Waals surface area contributed by atoms with Gasteiger partial charge >= 0.3 is 5.97 Å². The van der Waals surface area contributed by atoms with Gasteiger partial charge in [0.05, 0.1) is 12.6 Å². The zero-order chi connectivity index (χ0) is 18.1. The third kappa shape index (κ3) is 3.68. The fraction of sp³-hybridized carbons (Fsp3) is 0.500. The molecule has 0 amide bonds. The summed E-state index contributed by atoms with van der Waals surface area (Å²) in [6, 6.07) is -0.0238. The predicted molar refractivity (Wildman–Crippen MR) is 79.5 cm³/mol. The second kappa shape index (κ2) is 6.78. The van der Waals surface area contributed by atoms with Crippen molar-refractivity contribution < 1.29 is 32.2 Å². The van der Waals surface area contributed by atoms with Gasteiger partial charge in [-0.05, 0) is 32.8 Å². The van der Waals surface area contributed by atoms with E-state index in [4.69, 9.17) is 4.74 Å². The van der Waals surface area contributed by atoms with Crippen LogP contribution in [0.15, 0.2) is 39.6 Å². The van der Waals surface area contributed by atoms with Crippen molar-refractivity contribution in [3.05, 3.63) is 34.6 Å². The summed E-state index contributed by atoms with van der Waals surface area (Å²) in [5.74, 6) is -5.94. The molecule has 0 saturated heterocycles. The molecule has 0 aromatic rings. The number of aliphatic hydroxyl groups is 1. The van der Waals surface area contributed by atoms with Crippen molar-refractivity contribution in [3.63, 3.8) is 0 Å². The summed E-state index contributed by atoms with van der Waals surface area (Å²) in [7, 11) is 0. The highest BCUT2D eigenvalue weighted by Gasteiger charge is 2.42. The number of nitrogens with zero attached hydrogens (tertiary/aromatic N) is 1. The number of carbonyl (C=O) groups excluding carboxylic acids is 1. The topological polar surface area (TPSA) is 58.9 Å². The molecule has 2 aliphatic rings. The first kappa shape index (κ1) is 18.2. The van der Waals surface area contributed by atoms with Crippen molar-refractivity contribution in [1.82, 2.24) is 0 Å². The Morgan fingerprint density at radius 3 is 2.67 bits per heavy atom. The molecule has 2 unspecified atom stereocenters. The van der Waals surface area contributed by atoms with Gasteiger partial charge in [-0.1, -0.05) is 0 Å². The van der Waals surface area contributed by atoms with Crippen LogP contribution >= 0.6 is 0 Å². The van der Waals surface area contributed by atoms with Crippen molar-refractivity contribution in [2.45, 2.75) is 44.6 Å². The molecule has 4 nitrogen and oxygen atoms in total. The molecule has 0 heterocycles. The molecule has 2 rings (SSSR count). The number of esters is 1. The number of aliphatic hydroxyl groups excluding tert-OH is 1. The molecule has 0 aliphatic heterocycles. The van der Waals surface area contributed by atoms with Crippen LogP contribution in [0.1, 0.15) is 26.7 Å². The number of halogens is 4. The summed E-state index contributed by atoms with van der Waals surface area (Å²) in [5, 5.41) is 10.2. The first-order chi connectivity index (χ1) is 11.2. The molecule has 0 aromatic carbocycles. The first-order valence-electron chi connectivity index (χ1n) is 7.44. The first-order valence-corrected chi connectivity index (χ1v) is 7.44. The van der Waals surface area contributed by atoms with Crippen LogP contribution in [0.25, 0.3) is 0 Å². The standard InChI is InChI=1S/C16H17F4NO3/c1-3-24-15(23)10(7-21-8-4-5-8)13(22)9-6-16(2,20)14(19)12(18)11(9)17/h6-8,11,22H,3-5H2,1-2H3. The number of allylic oxidation sites excluding steroid dienone is 4. The summed E-state index contributed by atoms with van der Waals surface area (Å²) < 4.78 is 59.8. The van der Waals surface area contributed by atoms with Crippen LogP contribution in [0.2, 0.25) is 0 Å². The van der Waals surface area contributed by atoms with Gasteiger partial charge in [-0.3, -0.25) is 4.99 Å². The van der Waals surface area contributed by atoms with Crippen LogP contribution < -0.4 is 0 Å². The van der Waals surface area contributed by atoms with Gasteiger partial charge in [0.2, 0.25) is 0 Å². The van der Waals surface area contributed by atoms with E-state index in [0.717, 1.165) is 19.1 Å². The number of carbonyl (C=O) groups is 1. The molecule has 0 radical (unpaired) electrons. The van der Waals surface area contributed by atoms with Crippen LogP contribution in [0, 0.1) is 0 Å². The Balaban J connectivity index is 2.47. The highest BCUT2D eigenvalue weighted by atomic mass is 19.2. The third-order valence-corrected chi connectivity index (χ3v) is 3.55. The van der Waals surface area contributed by atoms with E-state index in [1.807, 2.05) is 0 Å². The molecule has 8 heteroatoms. The lowest BCUT2D eigenvalue weighted by molar-refractivity contribution is -0.138. The summed E-state index contributed by atoms with van der Waals surface area (Å²) in [6.07, 6.45) is 0.253. The monoisotopic (exact) mass is 347 g/mol. The zero-order valence-corrected chi connectivity index (χ0v) is 13.2. The molecule has 132 valence electrons. The Morgan fingerprint density at radius 1 is 1.50 bits per heavy atom. The largest absolute Gasteiger partial charge is 0.507 e. The summed E-state index contributed by atoms with van der Waals surface area (Å²) in [6.45, 7) is 2.15. The molecule has 0 spiro atoms. The summed E-state index contributed by atoms with van der Waals surface area (Å²) >= 11 is 0. The highest BCUT2D eigenvalue weighted by Crippen LogP contribution is 2.40. The van der Waals surface area contributed by atoms with Gasteiger partial charge in [-0.15, -0.1) is 0 Å². The molecule has 2 atom stereocenters. The Kier molecular flexibility index (Phi) is 5.15. The number of alkyl halides is 2. The van der Waals surface area contributed by atoms with E-state index in [-0.39, 0.29) is 12.6 Å². The quantitative estimate of drug-likeness (QED) is 0.271. The molecule has 1 saturated carbocycles. The number of hydrogen-bond acceptors (Lipinski definition) is 4. The number of aliphatic imine (C=N–C) groups is 1. The van der Waals surface area contributed by atoms with Gasteiger partial charge in [0.15, 0.2) is 23.5 Å². The molecule has 2 aliphatic carbocycles. The van der Waals surface area contributed by atoms with Gasteiger partial charge in [0, 0.05) is 11.8 Å². The minimum atomic E-state index is -2.94. The molecular formula is C16H17F4NO3. The van der Waals surface area contributed by atoms with Crippen molar-refractivity contribution in [3.8, 4) is 0 Å². The van der Waals surface area contributed by atoms with Crippen LogP contribution in [0.5, 0.6) is 0 Å². The van der Waals surface area contributed by atoms with Crippen LogP contribution in [0.3, 0.4) is 0 Å². The zero-order valence-electron chi connectivity index (χ0n) is 13.2. The van der Waals surface area contributed by atoms with Crippen molar-refractivity contribution in [2.75, 3.05) is 6.61 Å². The maximum Gasteiger partial charge on any atom is 0.343 e. The minimum Gasteiger partial charge on any atom is -0.507 e. The van der Waals surface area contributed by atoms with E-state index in [2.05, 4.69) is 4.99 Å². The molecular weight excluding hydrogens is 330 g/mol. The maximum atomic E-state index is 14.0. The van der Waals surface area contributed by atoms with E-state index in [9.17, 15) is 27.5 Å². The van der Waals surface area contributed by atoms with Crippen LogP contribution in [-0.4, -0.2) is 41.8 Å². The lowest BCUT2D eigenvalue weighted by Crippen LogP contribution is -2.28. The maximum absolute atomic E-state index is 14.0. The Hall–Kier alpha value is -2.12. The van der Waals surface area contributed by atoms with Crippen LogP contribution in [0.4, 0.5) is 17.6 Å². The highest BCUT2D eigenvalue weighted by molar-refractivity contribution is 6.10. The second-order valence-electron chi connectivity index (χ2n) is 5.69. The van der Waals surface area contributed by atoms with E-state index >= 15 is 0 Å². The third-order valence-electron chi connectivity index (χ3n) is 3.55. The molecule has 1 N–H and O–H groups in total. The van der Waals surface area contributed by atoms with Crippen LogP contribution in [-0.2, 0) is 9.53 Å². The van der Waals surface area contributed by atoms with E-state index in [1.54, 1.807) is 0 Å². The van der Waals surface area contributed by atoms with Gasteiger partial charge in [-0.2, -0.15) is 0 Å². The van der Waals surface area contributed by atoms with Gasteiger partial charge in [0.25, 0.3) is 0 Å². The van der Waals surface area contributed by atoms with E-state index in [1.165, 1.54) is 6.92 Å². The smallest absolute Gasteiger partial charge is 0.343 e. The molecule has 1 fully saturated rings. The molecule has 0 bridgehead atoms. The number of ether oxygens (including phenoxy) is 1. The molecule has 0 aromatic heterocycles. The minimum absolute atomic E-state index is 0.0238. The fourth-order valence-electron chi connectivity index (χ4n) is 2.08. The lowest BCUT2D eigenvalue weighted by atomic mass is 9.90. The predicted octanol–water partition coefficient (Wildman–Crippen LogP) is 3.75. The van der Waals surface area contributed by atoms with Gasteiger partial charge < -0.3 is 9.84 Å². The lowest BCUT2D eigenvalue weighted by Gasteiger charge is -2.25. The molecule has 24 heavy (non-hydrogen) atoms.